The average molecular weight is 417 g/mol. The molecule has 0 radical (unpaired) electrons. The normalized spacial score (nSPS) is 16.2. The molecule has 3 nitrogen and oxygen atoms in total. The van der Waals surface area contributed by atoms with Crippen LogP contribution >= 0.6 is 23.7 Å². The Bertz CT molecular complexity index is 815. The Labute approximate surface area is 178 Å². The third kappa shape index (κ3) is 5.34. The molecule has 1 atom stereocenters. The van der Waals surface area contributed by atoms with Crippen molar-refractivity contribution < 1.29 is 4.74 Å². The van der Waals surface area contributed by atoms with E-state index in [-0.39, 0.29) is 12.4 Å². The molecule has 0 spiro atoms. The minimum Gasteiger partial charge on any atom is -0.379 e. The molecule has 2 heterocycles. The third-order valence-corrected chi connectivity index (χ3v) is 6.56. The smallest absolute Gasteiger partial charge is 0.0594 e. The number of benzene rings is 2. The predicted molar refractivity (Wildman–Crippen MR) is 122 cm³/mol. The second kappa shape index (κ2) is 10.4. The summed E-state index contributed by atoms with van der Waals surface area (Å²) in [5.41, 5.74) is 1.38. The topological polar surface area (TPSA) is 15.7 Å². The maximum absolute atomic E-state index is 5.60. The lowest BCUT2D eigenvalue weighted by atomic mass is 10.1. The molecule has 28 heavy (non-hydrogen) atoms. The van der Waals surface area contributed by atoms with Gasteiger partial charge in [0, 0.05) is 41.8 Å². The fourth-order valence-corrected chi connectivity index (χ4v) is 5.11. The van der Waals surface area contributed by atoms with Crippen LogP contribution in [0.5, 0.6) is 0 Å². The number of fused-ring (bicyclic) bond motifs is 1. The number of ether oxygens (including phenoxy) is 1. The van der Waals surface area contributed by atoms with Crippen LogP contribution in [0.3, 0.4) is 0 Å². The molecular formula is C23H29ClN2OS. The summed E-state index contributed by atoms with van der Waals surface area (Å²) in [4.78, 5) is 6.55. The first-order valence-corrected chi connectivity index (χ1v) is 10.6. The average Bonchev–Trinajstić information content (AvgIpc) is 3.13. The molecule has 1 aliphatic heterocycles. The van der Waals surface area contributed by atoms with Gasteiger partial charge in [-0.25, -0.2) is 0 Å². The van der Waals surface area contributed by atoms with Crippen molar-refractivity contribution in [1.29, 1.82) is 0 Å². The lowest BCUT2D eigenvalue weighted by Gasteiger charge is -2.35. The Morgan fingerprint density at radius 1 is 1.04 bits per heavy atom. The Balaban J connectivity index is 0.00000225. The molecule has 3 aromatic rings. The predicted octanol–water partition coefficient (Wildman–Crippen LogP) is 5.22. The van der Waals surface area contributed by atoms with E-state index in [1.165, 1.54) is 20.5 Å². The number of nitrogens with zero attached hydrogens (tertiary/aromatic N) is 2. The van der Waals surface area contributed by atoms with Crippen molar-refractivity contribution in [2.45, 2.75) is 19.0 Å². The first kappa shape index (κ1) is 21.3. The van der Waals surface area contributed by atoms with Gasteiger partial charge in [-0.1, -0.05) is 48.5 Å². The third-order valence-electron chi connectivity index (χ3n) is 5.34. The molecule has 0 N–H and O–H groups in total. The van der Waals surface area contributed by atoms with E-state index in [1.54, 1.807) is 0 Å². The molecule has 0 bridgehead atoms. The van der Waals surface area contributed by atoms with E-state index in [0.717, 1.165) is 45.8 Å². The molecule has 1 saturated heterocycles. The summed E-state index contributed by atoms with van der Waals surface area (Å²) < 4.78 is 6.99. The van der Waals surface area contributed by atoms with Gasteiger partial charge >= 0.3 is 0 Å². The Morgan fingerprint density at radius 2 is 1.75 bits per heavy atom. The Hall–Kier alpha value is -1.43. The van der Waals surface area contributed by atoms with Crippen LogP contribution in [-0.2, 0) is 11.3 Å². The van der Waals surface area contributed by atoms with Crippen molar-refractivity contribution in [2.24, 2.45) is 0 Å². The molecule has 1 aliphatic rings. The lowest BCUT2D eigenvalue weighted by Crippen LogP contribution is -2.40. The van der Waals surface area contributed by atoms with Crippen molar-refractivity contribution in [3.63, 3.8) is 0 Å². The van der Waals surface area contributed by atoms with E-state index in [2.05, 4.69) is 77.5 Å². The molecule has 1 unspecified atom stereocenters. The van der Waals surface area contributed by atoms with E-state index in [9.17, 15) is 0 Å². The highest BCUT2D eigenvalue weighted by Crippen LogP contribution is 2.35. The number of halogens is 1. The zero-order chi connectivity index (χ0) is 18.5. The summed E-state index contributed by atoms with van der Waals surface area (Å²) in [7, 11) is 2.23. The van der Waals surface area contributed by atoms with Crippen LogP contribution < -0.4 is 0 Å². The van der Waals surface area contributed by atoms with Crippen molar-refractivity contribution in [3.8, 4) is 0 Å². The zero-order valence-electron chi connectivity index (χ0n) is 16.4. The SMILES string of the molecule is CN(CCC(c1cc2ccccc2s1)N1CCOCC1)Cc1ccccc1.Cl. The highest BCUT2D eigenvalue weighted by Gasteiger charge is 2.24. The minimum atomic E-state index is 0. The molecule has 0 aliphatic carbocycles. The minimum absolute atomic E-state index is 0. The van der Waals surface area contributed by atoms with Gasteiger partial charge in [-0.05, 0) is 36.6 Å². The van der Waals surface area contributed by atoms with E-state index >= 15 is 0 Å². The fourth-order valence-electron chi connectivity index (χ4n) is 3.88. The first-order chi connectivity index (χ1) is 13.3. The zero-order valence-corrected chi connectivity index (χ0v) is 18.1. The molecule has 5 heteroatoms. The first-order valence-electron chi connectivity index (χ1n) is 9.82. The van der Waals surface area contributed by atoms with Crippen LogP contribution in [0.4, 0.5) is 0 Å². The monoisotopic (exact) mass is 416 g/mol. The largest absolute Gasteiger partial charge is 0.379 e. The van der Waals surface area contributed by atoms with Crippen molar-refractivity contribution >= 4 is 33.8 Å². The Kier molecular flexibility index (Phi) is 7.89. The summed E-state index contributed by atoms with van der Waals surface area (Å²) in [6, 6.07) is 22.4. The van der Waals surface area contributed by atoms with Crippen LogP contribution in [-0.4, -0.2) is 49.7 Å². The summed E-state index contributed by atoms with van der Waals surface area (Å²) in [6.07, 6.45) is 1.15. The summed E-state index contributed by atoms with van der Waals surface area (Å²) in [6.45, 7) is 5.85. The van der Waals surface area contributed by atoms with Crippen LogP contribution in [0.15, 0.2) is 60.7 Å². The van der Waals surface area contributed by atoms with Crippen molar-refractivity contribution in [2.75, 3.05) is 39.9 Å². The summed E-state index contributed by atoms with van der Waals surface area (Å²) in [5, 5.41) is 1.37. The molecule has 0 saturated carbocycles. The number of morpholine rings is 1. The van der Waals surface area contributed by atoms with Crippen LogP contribution in [0.1, 0.15) is 22.9 Å². The van der Waals surface area contributed by atoms with Gasteiger partial charge in [0.2, 0.25) is 0 Å². The fraction of sp³-hybridized carbons (Fsp3) is 0.391. The lowest BCUT2D eigenvalue weighted by molar-refractivity contribution is 0.0132. The van der Waals surface area contributed by atoms with Crippen molar-refractivity contribution in [1.82, 2.24) is 9.80 Å². The van der Waals surface area contributed by atoms with E-state index < -0.39 is 0 Å². The van der Waals surface area contributed by atoms with Gasteiger partial charge in [-0.2, -0.15) is 0 Å². The number of rotatable bonds is 7. The van der Waals surface area contributed by atoms with E-state index in [1.807, 2.05) is 11.3 Å². The van der Waals surface area contributed by atoms with Crippen LogP contribution in [0.25, 0.3) is 10.1 Å². The Morgan fingerprint density at radius 3 is 2.50 bits per heavy atom. The molecule has 2 aromatic carbocycles. The standard InChI is InChI=1S/C23H28N2OS.ClH/c1-24(18-19-7-3-2-4-8-19)12-11-21(25-13-15-26-16-14-25)23-17-20-9-5-6-10-22(20)27-23;/h2-10,17,21H,11-16,18H2,1H3;1H. The maximum atomic E-state index is 5.60. The molecule has 0 amide bonds. The van der Waals surface area contributed by atoms with Gasteiger partial charge in [0.15, 0.2) is 0 Å². The molecule has 4 rings (SSSR count). The summed E-state index contributed by atoms with van der Waals surface area (Å²) >= 11 is 1.95. The van der Waals surface area contributed by atoms with Gasteiger partial charge in [-0.15, -0.1) is 23.7 Å². The van der Waals surface area contributed by atoms with Crippen molar-refractivity contribution in [3.05, 3.63) is 71.1 Å². The van der Waals surface area contributed by atoms with Crippen LogP contribution in [0, 0.1) is 0 Å². The van der Waals surface area contributed by atoms with Gasteiger partial charge in [0.05, 0.1) is 13.2 Å². The highest BCUT2D eigenvalue weighted by molar-refractivity contribution is 7.19. The van der Waals surface area contributed by atoms with E-state index in [0.29, 0.717) is 6.04 Å². The molecule has 1 aromatic heterocycles. The van der Waals surface area contributed by atoms with Gasteiger partial charge in [-0.3, -0.25) is 4.90 Å². The maximum Gasteiger partial charge on any atom is 0.0594 e. The van der Waals surface area contributed by atoms with Gasteiger partial charge in [0.25, 0.3) is 0 Å². The second-order valence-corrected chi connectivity index (χ2v) is 8.48. The number of hydrogen-bond acceptors (Lipinski definition) is 4. The van der Waals surface area contributed by atoms with E-state index in [4.69, 9.17) is 4.74 Å². The summed E-state index contributed by atoms with van der Waals surface area (Å²) in [5.74, 6) is 0. The molecule has 1 fully saturated rings. The van der Waals surface area contributed by atoms with Gasteiger partial charge in [0.1, 0.15) is 0 Å². The quantitative estimate of drug-likeness (QED) is 0.525. The molecular weight excluding hydrogens is 388 g/mol. The van der Waals surface area contributed by atoms with Crippen LogP contribution in [0.2, 0.25) is 0 Å². The van der Waals surface area contributed by atoms with Gasteiger partial charge < -0.3 is 9.64 Å². The highest BCUT2D eigenvalue weighted by atomic mass is 35.5. The molecule has 150 valence electrons. The number of thiophene rings is 1. The second-order valence-electron chi connectivity index (χ2n) is 7.36. The number of hydrogen-bond donors (Lipinski definition) is 0.